The van der Waals surface area contributed by atoms with Crippen LogP contribution in [0.25, 0.3) is 0 Å². The third-order valence-corrected chi connectivity index (χ3v) is 5.81. The van der Waals surface area contributed by atoms with Crippen LogP contribution in [0.3, 0.4) is 0 Å². The van der Waals surface area contributed by atoms with Gasteiger partial charge in [0.25, 0.3) is 0 Å². The summed E-state index contributed by atoms with van der Waals surface area (Å²) in [5.41, 5.74) is 1.22. The van der Waals surface area contributed by atoms with E-state index in [0.717, 1.165) is 6.26 Å². The first-order chi connectivity index (χ1) is 10.7. The highest BCUT2D eigenvalue weighted by Gasteiger charge is 2.25. The summed E-state index contributed by atoms with van der Waals surface area (Å²) in [5, 5.41) is 0. The Hall–Kier alpha value is -0.710. The monoisotopic (exact) mass is 342 g/mol. The Bertz CT molecular complexity index is 505. The lowest BCUT2D eigenvalue weighted by Crippen LogP contribution is -2.29. The van der Waals surface area contributed by atoms with E-state index >= 15 is 0 Å². The first-order valence-corrected chi connectivity index (χ1v) is 11.3. The van der Waals surface area contributed by atoms with Crippen molar-refractivity contribution in [1.82, 2.24) is 0 Å². The average molecular weight is 343 g/mol. The van der Waals surface area contributed by atoms with Gasteiger partial charge in [-0.1, -0.05) is 70.9 Å². The lowest BCUT2D eigenvalue weighted by molar-refractivity contribution is 0.398. The molecule has 0 aliphatic heterocycles. The normalized spacial score (nSPS) is 15.1. The van der Waals surface area contributed by atoms with Crippen molar-refractivity contribution in [3.8, 4) is 0 Å². The van der Waals surface area contributed by atoms with Gasteiger partial charge in [0.1, 0.15) is 9.63 Å². The number of hydrogen-bond acceptors (Lipinski definition) is 1. The van der Waals surface area contributed by atoms with Crippen LogP contribution in [0.1, 0.15) is 83.1 Å². The number of hydrogen-bond donors (Lipinski definition) is 2. The third-order valence-electron chi connectivity index (χ3n) is 4.46. The molecular formula is C19H34O3S. The molecule has 1 atom stereocenters. The van der Waals surface area contributed by atoms with Crippen LogP contribution in [-0.4, -0.2) is 19.6 Å². The summed E-state index contributed by atoms with van der Waals surface area (Å²) in [6.07, 6.45) is 12.1. The summed E-state index contributed by atoms with van der Waals surface area (Å²) in [7, 11) is -4.63. The fourth-order valence-electron chi connectivity index (χ4n) is 2.99. The Morgan fingerprint density at radius 2 is 1.35 bits per heavy atom. The van der Waals surface area contributed by atoms with E-state index in [0.29, 0.717) is 5.92 Å². The Morgan fingerprint density at radius 3 is 1.83 bits per heavy atom. The SMILES string of the molecule is CCCCCCC(CCCCC)c1ccc(S(C)(=O)(O)O)cc1. The van der Waals surface area contributed by atoms with Gasteiger partial charge in [0.05, 0.1) is 4.90 Å². The fourth-order valence-corrected chi connectivity index (χ4v) is 3.75. The number of benzene rings is 1. The van der Waals surface area contributed by atoms with Crippen molar-refractivity contribution in [2.45, 2.75) is 82.4 Å². The van der Waals surface area contributed by atoms with Gasteiger partial charge in [0.2, 0.25) is 0 Å². The number of rotatable bonds is 11. The Balaban J connectivity index is 2.78. The molecule has 1 rings (SSSR count). The molecule has 0 aromatic heterocycles. The van der Waals surface area contributed by atoms with Gasteiger partial charge in [0, 0.05) is 6.26 Å². The molecule has 0 aliphatic carbocycles. The van der Waals surface area contributed by atoms with E-state index in [-0.39, 0.29) is 4.90 Å². The molecule has 2 N–H and O–H groups in total. The molecule has 0 aliphatic rings. The van der Waals surface area contributed by atoms with Gasteiger partial charge in [-0.3, -0.25) is 0 Å². The molecule has 0 fully saturated rings. The van der Waals surface area contributed by atoms with E-state index in [1.54, 1.807) is 12.1 Å². The summed E-state index contributed by atoms with van der Waals surface area (Å²) in [6, 6.07) is 7.02. The molecule has 0 heterocycles. The molecule has 0 bridgehead atoms. The summed E-state index contributed by atoms with van der Waals surface area (Å²) in [4.78, 5) is 0.101. The van der Waals surface area contributed by atoms with Gasteiger partial charge in [-0.05, 0) is 36.5 Å². The standard InChI is InChI=1S/C19H34O3S/c1-4-6-8-10-12-17(11-9-7-5-2)18-13-15-19(16-14-18)23(3,20,21)22/h13-17H,4-12H2,1-3H3,(H2,20,21,22). The van der Waals surface area contributed by atoms with Gasteiger partial charge in [0.15, 0.2) is 0 Å². The number of unbranched alkanes of at least 4 members (excludes halogenated alkanes) is 5. The first kappa shape index (κ1) is 20.3. The van der Waals surface area contributed by atoms with Crippen LogP contribution in [0.15, 0.2) is 29.2 Å². The van der Waals surface area contributed by atoms with Gasteiger partial charge < -0.3 is 9.11 Å². The minimum Gasteiger partial charge on any atom is -0.304 e. The van der Waals surface area contributed by atoms with Crippen molar-refractivity contribution in [3.63, 3.8) is 0 Å². The predicted octanol–water partition coefficient (Wildman–Crippen LogP) is 6.08. The molecule has 0 radical (unpaired) electrons. The second-order valence-corrected chi connectivity index (χ2v) is 9.78. The van der Waals surface area contributed by atoms with E-state index in [4.69, 9.17) is 0 Å². The average Bonchev–Trinajstić information content (AvgIpc) is 2.48. The van der Waals surface area contributed by atoms with Gasteiger partial charge in [-0.25, -0.2) is 4.21 Å². The maximum absolute atomic E-state index is 11.8. The lowest BCUT2D eigenvalue weighted by Gasteiger charge is -2.26. The molecule has 0 saturated carbocycles. The highest BCUT2D eigenvalue weighted by Crippen LogP contribution is 2.31. The van der Waals surface area contributed by atoms with Crippen molar-refractivity contribution in [3.05, 3.63) is 29.8 Å². The molecule has 1 aromatic carbocycles. The zero-order chi connectivity index (χ0) is 17.4. The molecule has 0 spiro atoms. The second-order valence-electron chi connectivity index (χ2n) is 6.84. The van der Waals surface area contributed by atoms with Crippen LogP contribution in [0.4, 0.5) is 0 Å². The van der Waals surface area contributed by atoms with Crippen LogP contribution in [-0.2, 0) is 9.63 Å². The van der Waals surface area contributed by atoms with Gasteiger partial charge in [-0.15, -0.1) is 0 Å². The predicted molar refractivity (Wildman–Crippen MR) is 99.7 cm³/mol. The lowest BCUT2D eigenvalue weighted by atomic mass is 9.88. The van der Waals surface area contributed by atoms with Crippen LogP contribution < -0.4 is 0 Å². The van der Waals surface area contributed by atoms with Crippen molar-refractivity contribution in [1.29, 1.82) is 0 Å². The molecular weight excluding hydrogens is 308 g/mol. The maximum atomic E-state index is 11.8. The topological polar surface area (TPSA) is 57.5 Å². The Morgan fingerprint density at radius 1 is 0.870 bits per heavy atom. The van der Waals surface area contributed by atoms with Gasteiger partial charge in [-0.2, -0.15) is 0 Å². The molecule has 3 nitrogen and oxygen atoms in total. The van der Waals surface area contributed by atoms with Crippen LogP contribution in [0.5, 0.6) is 0 Å². The van der Waals surface area contributed by atoms with Crippen LogP contribution in [0.2, 0.25) is 0 Å². The summed E-state index contributed by atoms with van der Waals surface area (Å²) in [5.74, 6) is 0.511. The van der Waals surface area contributed by atoms with Crippen LogP contribution in [0, 0.1) is 0 Å². The highest BCUT2D eigenvalue weighted by atomic mass is 32.3. The minimum absolute atomic E-state index is 0.101. The molecule has 134 valence electrons. The van der Waals surface area contributed by atoms with Gasteiger partial charge >= 0.3 is 0 Å². The zero-order valence-corrected chi connectivity index (χ0v) is 15.8. The molecule has 4 heteroatoms. The molecule has 1 aromatic rings. The van der Waals surface area contributed by atoms with Crippen molar-refractivity contribution in [2.24, 2.45) is 0 Å². The summed E-state index contributed by atoms with van der Waals surface area (Å²) in [6.45, 7) is 4.44. The smallest absolute Gasteiger partial charge is 0.106 e. The van der Waals surface area contributed by atoms with E-state index in [9.17, 15) is 13.3 Å². The van der Waals surface area contributed by atoms with E-state index in [1.165, 1.54) is 63.4 Å². The molecule has 0 amide bonds. The van der Waals surface area contributed by atoms with E-state index in [2.05, 4.69) is 13.8 Å². The Labute approximate surface area is 141 Å². The first-order valence-electron chi connectivity index (χ1n) is 8.98. The Kier molecular flexibility index (Phi) is 7.91. The minimum atomic E-state index is -4.63. The molecule has 23 heavy (non-hydrogen) atoms. The summed E-state index contributed by atoms with van der Waals surface area (Å²) < 4.78 is 31.2. The molecule has 1 unspecified atom stereocenters. The van der Waals surface area contributed by atoms with Crippen molar-refractivity contribution in [2.75, 3.05) is 6.26 Å². The van der Waals surface area contributed by atoms with E-state index < -0.39 is 9.63 Å². The van der Waals surface area contributed by atoms with Crippen molar-refractivity contribution >= 4 is 9.63 Å². The quantitative estimate of drug-likeness (QED) is 0.479. The fraction of sp³-hybridized carbons (Fsp3) is 0.684. The van der Waals surface area contributed by atoms with Crippen molar-refractivity contribution < 1.29 is 13.3 Å². The molecule has 0 saturated heterocycles. The largest absolute Gasteiger partial charge is 0.304 e. The zero-order valence-electron chi connectivity index (χ0n) is 15.0. The second kappa shape index (κ2) is 8.95. The third kappa shape index (κ3) is 7.60. The summed E-state index contributed by atoms with van der Waals surface area (Å²) >= 11 is 0. The van der Waals surface area contributed by atoms with E-state index in [1.807, 2.05) is 12.1 Å². The highest BCUT2D eigenvalue weighted by molar-refractivity contribution is 8.09. The van der Waals surface area contributed by atoms with Crippen LogP contribution >= 0.6 is 0 Å². The maximum Gasteiger partial charge on any atom is 0.106 e.